The van der Waals surface area contributed by atoms with Crippen LogP contribution in [0.1, 0.15) is 15.9 Å². The van der Waals surface area contributed by atoms with Crippen LogP contribution >= 0.6 is 24.0 Å². The highest BCUT2D eigenvalue weighted by Gasteiger charge is 2.33. The molecule has 2 amide bonds. The number of nitrogens with zero attached hydrogens (tertiary/aromatic N) is 2. The monoisotopic (exact) mass is 415 g/mol. The highest BCUT2D eigenvalue weighted by molar-refractivity contribution is 8.26. The van der Waals surface area contributed by atoms with Gasteiger partial charge in [-0.1, -0.05) is 11.8 Å². The molecule has 1 heterocycles. The van der Waals surface area contributed by atoms with Crippen molar-refractivity contribution in [3.63, 3.8) is 0 Å². The molecule has 0 saturated carbocycles. The molecule has 142 valence electrons. The molecule has 3 rings (SSSR count). The molecule has 1 saturated heterocycles. The first-order chi connectivity index (χ1) is 13.4. The number of carbonyl (C=O) groups is 2. The lowest BCUT2D eigenvalue weighted by Crippen LogP contribution is -2.44. The van der Waals surface area contributed by atoms with Crippen molar-refractivity contribution in [1.29, 1.82) is 0 Å². The molecule has 1 aliphatic heterocycles. The molecule has 2 aromatic carbocycles. The van der Waals surface area contributed by atoms with E-state index in [0.29, 0.717) is 21.8 Å². The Morgan fingerprint density at radius 2 is 1.86 bits per heavy atom. The van der Waals surface area contributed by atoms with Crippen LogP contribution in [0, 0.1) is 10.1 Å². The summed E-state index contributed by atoms with van der Waals surface area (Å²) in [6.45, 7) is 0. The van der Waals surface area contributed by atoms with Crippen molar-refractivity contribution in [2.45, 2.75) is 0 Å². The van der Waals surface area contributed by atoms with Gasteiger partial charge in [-0.05, 0) is 60.3 Å². The van der Waals surface area contributed by atoms with Crippen molar-refractivity contribution in [3.8, 4) is 5.75 Å². The number of hydrazine groups is 1. The Morgan fingerprint density at radius 1 is 1.21 bits per heavy atom. The predicted octanol–water partition coefficient (Wildman–Crippen LogP) is 3.15. The molecule has 1 N–H and O–H groups in total. The van der Waals surface area contributed by atoms with Gasteiger partial charge < -0.3 is 4.74 Å². The summed E-state index contributed by atoms with van der Waals surface area (Å²) in [5.41, 5.74) is 3.38. The fourth-order valence-electron chi connectivity index (χ4n) is 2.32. The summed E-state index contributed by atoms with van der Waals surface area (Å²) in [5, 5.41) is 11.7. The van der Waals surface area contributed by atoms with Gasteiger partial charge in [-0.15, -0.1) is 0 Å². The van der Waals surface area contributed by atoms with Crippen molar-refractivity contribution in [2.24, 2.45) is 0 Å². The maximum absolute atomic E-state index is 12.6. The van der Waals surface area contributed by atoms with Gasteiger partial charge in [0.1, 0.15) is 5.75 Å². The summed E-state index contributed by atoms with van der Waals surface area (Å²) in [7, 11) is 1.52. The number of ether oxygens (including phenoxy) is 1. The average Bonchev–Trinajstić information content (AvgIpc) is 2.95. The second-order valence-electron chi connectivity index (χ2n) is 5.54. The molecule has 8 nitrogen and oxygen atoms in total. The van der Waals surface area contributed by atoms with Crippen LogP contribution in [-0.2, 0) is 4.79 Å². The van der Waals surface area contributed by atoms with Gasteiger partial charge in [-0.3, -0.25) is 25.1 Å². The van der Waals surface area contributed by atoms with Gasteiger partial charge in [-0.2, -0.15) is 5.01 Å². The van der Waals surface area contributed by atoms with E-state index < -0.39 is 16.7 Å². The Bertz CT molecular complexity index is 987. The van der Waals surface area contributed by atoms with Gasteiger partial charge in [0, 0.05) is 17.7 Å². The Balaban J connectivity index is 1.73. The van der Waals surface area contributed by atoms with E-state index in [2.05, 4.69) is 5.43 Å². The number of nitro benzene ring substituents is 1. The third-order valence-corrected chi connectivity index (χ3v) is 5.06. The normalized spacial score (nSPS) is 15.0. The first kappa shape index (κ1) is 19.5. The third-order valence-electron chi connectivity index (χ3n) is 3.76. The molecule has 1 aliphatic rings. The molecular formula is C18H13N3O5S2. The SMILES string of the molecule is COc1ccc(C(=O)NN2C(=O)/C(=C\c3ccc([N+](=O)[O-])cc3)SC2=S)cc1. The van der Waals surface area contributed by atoms with E-state index in [1.165, 1.54) is 31.4 Å². The second-order valence-corrected chi connectivity index (χ2v) is 7.21. The highest BCUT2D eigenvalue weighted by Crippen LogP contribution is 2.31. The number of hydrogen-bond acceptors (Lipinski definition) is 7. The lowest BCUT2D eigenvalue weighted by atomic mass is 10.2. The molecule has 28 heavy (non-hydrogen) atoms. The molecule has 0 unspecified atom stereocenters. The number of thioether (sulfide) groups is 1. The molecule has 1 fully saturated rings. The van der Waals surface area contributed by atoms with E-state index in [-0.39, 0.29) is 10.0 Å². The minimum absolute atomic E-state index is 0.0450. The summed E-state index contributed by atoms with van der Waals surface area (Å²) in [6.07, 6.45) is 1.56. The molecule has 10 heteroatoms. The van der Waals surface area contributed by atoms with Crippen LogP contribution in [0.15, 0.2) is 53.4 Å². The van der Waals surface area contributed by atoms with Gasteiger partial charge in [-0.25, -0.2) is 0 Å². The number of benzene rings is 2. The summed E-state index contributed by atoms with van der Waals surface area (Å²) in [6, 6.07) is 12.1. The number of amides is 2. The number of carbonyl (C=O) groups excluding carboxylic acids is 2. The van der Waals surface area contributed by atoms with E-state index in [1.807, 2.05) is 0 Å². The maximum atomic E-state index is 12.6. The summed E-state index contributed by atoms with van der Waals surface area (Å²) < 4.78 is 5.22. The molecule has 0 bridgehead atoms. The van der Waals surface area contributed by atoms with Crippen molar-refractivity contribution < 1.29 is 19.2 Å². The van der Waals surface area contributed by atoms with Crippen LogP contribution in [0.5, 0.6) is 5.75 Å². The van der Waals surface area contributed by atoms with Crippen molar-refractivity contribution >= 4 is 51.9 Å². The molecule has 0 spiro atoms. The van der Waals surface area contributed by atoms with Gasteiger partial charge in [0.05, 0.1) is 16.9 Å². The third kappa shape index (κ3) is 4.18. The number of hydrogen-bond donors (Lipinski definition) is 1. The second kappa shape index (κ2) is 8.19. The fraction of sp³-hybridized carbons (Fsp3) is 0.0556. The number of rotatable bonds is 5. The van der Waals surface area contributed by atoms with E-state index in [9.17, 15) is 19.7 Å². The first-order valence-corrected chi connectivity index (χ1v) is 9.09. The minimum Gasteiger partial charge on any atom is -0.497 e. The molecule has 0 radical (unpaired) electrons. The maximum Gasteiger partial charge on any atom is 0.285 e. The number of non-ortho nitro benzene ring substituents is 1. The quantitative estimate of drug-likeness (QED) is 0.346. The van der Waals surface area contributed by atoms with Gasteiger partial charge in [0.15, 0.2) is 4.32 Å². The Kier molecular flexibility index (Phi) is 5.71. The van der Waals surface area contributed by atoms with E-state index in [0.717, 1.165) is 16.8 Å². The van der Waals surface area contributed by atoms with E-state index >= 15 is 0 Å². The largest absolute Gasteiger partial charge is 0.497 e. The molecular weight excluding hydrogens is 402 g/mol. The smallest absolute Gasteiger partial charge is 0.285 e. The molecule has 0 aromatic heterocycles. The van der Waals surface area contributed by atoms with Crippen molar-refractivity contribution in [2.75, 3.05) is 7.11 Å². The van der Waals surface area contributed by atoms with E-state index in [1.54, 1.807) is 30.3 Å². The average molecular weight is 415 g/mol. The van der Waals surface area contributed by atoms with Crippen LogP contribution in [0.2, 0.25) is 0 Å². The zero-order chi connectivity index (χ0) is 20.3. The molecule has 0 atom stereocenters. The Morgan fingerprint density at radius 3 is 2.43 bits per heavy atom. The molecule has 2 aromatic rings. The number of nitro groups is 1. The van der Waals surface area contributed by atoms with Crippen molar-refractivity contribution in [1.82, 2.24) is 10.4 Å². The highest BCUT2D eigenvalue weighted by atomic mass is 32.2. The van der Waals surface area contributed by atoms with Crippen LogP contribution < -0.4 is 10.2 Å². The van der Waals surface area contributed by atoms with Crippen molar-refractivity contribution in [3.05, 3.63) is 74.7 Å². The first-order valence-electron chi connectivity index (χ1n) is 7.86. The number of methoxy groups -OCH3 is 1. The Labute approximate surface area is 169 Å². The van der Waals surface area contributed by atoms with E-state index in [4.69, 9.17) is 17.0 Å². The van der Waals surface area contributed by atoms with Crippen LogP contribution in [-0.4, -0.2) is 33.2 Å². The summed E-state index contributed by atoms with van der Waals surface area (Å²) in [5.74, 6) is -0.362. The lowest BCUT2D eigenvalue weighted by Gasteiger charge is -2.15. The zero-order valence-corrected chi connectivity index (χ0v) is 16.1. The Hall–Kier alpha value is -3.24. The van der Waals surface area contributed by atoms with Gasteiger partial charge in [0.2, 0.25) is 0 Å². The number of nitrogens with one attached hydrogen (secondary N) is 1. The van der Waals surface area contributed by atoms with Gasteiger partial charge in [0.25, 0.3) is 17.5 Å². The van der Waals surface area contributed by atoms with Gasteiger partial charge >= 0.3 is 0 Å². The predicted molar refractivity (Wildman–Crippen MR) is 109 cm³/mol. The fourth-order valence-corrected chi connectivity index (χ4v) is 3.50. The zero-order valence-electron chi connectivity index (χ0n) is 14.4. The van der Waals surface area contributed by atoms with Crippen LogP contribution in [0.3, 0.4) is 0 Å². The lowest BCUT2D eigenvalue weighted by molar-refractivity contribution is -0.384. The number of thiocarbonyl (C=S) groups is 1. The van der Waals surface area contributed by atoms with Crippen LogP contribution in [0.4, 0.5) is 5.69 Å². The minimum atomic E-state index is -0.502. The summed E-state index contributed by atoms with van der Waals surface area (Å²) >= 11 is 6.21. The molecule has 0 aliphatic carbocycles. The topological polar surface area (TPSA) is 102 Å². The standard InChI is InChI=1S/C18H13N3O5S2/c1-26-14-8-4-12(5-9-14)16(22)19-20-17(23)15(28-18(20)27)10-11-2-6-13(7-3-11)21(24)25/h2-10H,1H3,(H,19,22)/b15-10+. The van der Waals surface area contributed by atoms with Crippen LogP contribution in [0.25, 0.3) is 6.08 Å². The summed E-state index contributed by atoms with van der Waals surface area (Å²) in [4.78, 5) is 35.4.